The van der Waals surface area contributed by atoms with E-state index in [0.29, 0.717) is 55.0 Å². The van der Waals surface area contributed by atoms with Gasteiger partial charge in [-0.3, -0.25) is 4.68 Å². The average molecular weight is 485 g/mol. The van der Waals surface area contributed by atoms with Gasteiger partial charge in [0, 0.05) is 48.5 Å². The molecule has 6 rings (SSSR count). The Morgan fingerprint density at radius 3 is 2.49 bits per heavy atom. The first-order valence-corrected chi connectivity index (χ1v) is 12.1. The van der Waals surface area contributed by atoms with E-state index in [9.17, 15) is 13.2 Å². The highest BCUT2D eigenvalue weighted by Gasteiger charge is 2.34. The Kier molecular flexibility index (Phi) is 5.43. The van der Waals surface area contributed by atoms with Crippen LogP contribution in [0.25, 0.3) is 11.3 Å². The van der Waals surface area contributed by atoms with Crippen molar-refractivity contribution < 1.29 is 17.9 Å². The summed E-state index contributed by atoms with van der Waals surface area (Å²) >= 11 is 0. The number of halogens is 3. The molecular formula is C25H27F3N6O. The molecule has 0 spiro atoms. The van der Waals surface area contributed by atoms with Gasteiger partial charge in [0.2, 0.25) is 0 Å². The Hall–Kier alpha value is -3.14. The molecule has 10 heteroatoms. The molecule has 0 radical (unpaired) electrons. The fourth-order valence-corrected chi connectivity index (χ4v) is 4.87. The third-order valence-electron chi connectivity index (χ3n) is 7.22. The van der Waals surface area contributed by atoms with Crippen molar-refractivity contribution in [2.45, 2.75) is 69.7 Å². The topological polar surface area (TPSA) is 76.9 Å². The molecule has 1 aliphatic carbocycles. The average Bonchev–Trinajstić information content (AvgIpc) is 3.55. The maximum atomic E-state index is 14.9. The molecule has 35 heavy (non-hydrogen) atoms. The van der Waals surface area contributed by atoms with E-state index >= 15 is 0 Å². The van der Waals surface area contributed by atoms with E-state index in [1.54, 1.807) is 0 Å². The van der Waals surface area contributed by atoms with Crippen LogP contribution in [-0.4, -0.2) is 38.4 Å². The van der Waals surface area contributed by atoms with Crippen LogP contribution in [-0.2, 0) is 4.74 Å². The Morgan fingerprint density at radius 1 is 1.00 bits per heavy atom. The van der Waals surface area contributed by atoms with E-state index in [2.05, 4.69) is 20.7 Å². The van der Waals surface area contributed by atoms with Crippen LogP contribution in [0.15, 0.2) is 24.5 Å². The molecule has 1 saturated heterocycles. The second kappa shape index (κ2) is 8.51. The standard InChI is InChI=1S/C25H27F3N6O/c1-12-13(2)31-25-23(30-12)22(21-18(27)8-16(26)9-19(21)28)32-24(33-25)14-5-6-35-20(7-14)15-10-29-34(11-15)17-3-4-17/h8-14,17,20,30H,3-7H2,1-2H3,(H,31,32,33)/t12?,13?,14?,20-/m1/s1. The van der Waals surface area contributed by atoms with Gasteiger partial charge in [-0.1, -0.05) is 0 Å². The van der Waals surface area contributed by atoms with Crippen molar-refractivity contribution in [1.82, 2.24) is 19.7 Å². The van der Waals surface area contributed by atoms with E-state index in [1.165, 1.54) is 0 Å². The molecule has 3 aliphatic rings. The molecule has 2 aliphatic heterocycles. The number of fused-ring (bicyclic) bond motifs is 1. The van der Waals surface area contributed by atoms with Crippen molar-refractivity contribution >= 4 is 11.5 Å². The summed E-state index contributed by atoms with van der Waals surface area (Å²) in [5.74, 6) is -2.08. The molecule has 0 amide bonds. The van der Waals surface area contributed by atoms with Gasteiger partial charge in [-0.2, -0.15) is 5.10 Å². The molecule has 7 nitrogen and oxygen atoms in total. The molecule has 184 valence electrons. The summed E-state index contributed by atoms with van der Waals surface area (Å²) in [6.07, 6.45) is 7.34. The van der Waals surface area contributed by atoms with Crippen LogP contribution in [0.3, 0.4) is 0 Å². The Bertz CT molecular complexity index is 1250. The zero-order valence-electron chi connectivity index (χ0n) is 19.6. The van der Waals surface area contributed by atoms with Crippen molar-refractivity contribution in [3.05, 3.63) is 53.4 Å². The van der Waals surface area contributed by atoms with Gasteiger partial charge in [0.15, 0.2) is 5.82 Å². The lowest BCUT2D eigenvalue weighted by atomic mass is 9.92. The normalized spacial score (nSPS) is 26.1. The van der Waals surface area contributed by atoms with Gasteiger partial charge in [-0.05, 0) is 39.5 Å². The van der Waals surface area contributed by atoms with Crippen molar-refractivity contribution in [3.63, 3.8) is 0 Å². The highest BCUT2D eigenvalue weighted by Crippen LogP contribution is 2.43. The summed E-state index contributed by atoms with van der Waals surface area (Å²) in [5, 5.41) is 11.1. The lowest BCUT2D eigenvalue weighted by Crippen LogP contribution is -2.40. The fraction of sp³-hybridized carbons (Fsp3) is 0.480. The van der Waals surface area contributed by atoms with Gasteiger partial charge in [0.05, 0.1) is 23.9 Å². The maximum absolute atomic E-state index is 14.9. The molecule has 3 unspecified atom stereocenters. The molecule has 4 heterocycles. The van der Waals surface area contributed by atoms with Crippen LogP contribution in [0.1, 0.15) is 69.0 Å². The van der Waals surface area contributed by atoms with E-state index in [-0.39, 0.29) is 35.4 Å². The number of nitrogens with one attached hydrogen (secondary N) is 2. The fourth-order valence-electron chi connectivity index (χ4n) is 4.87. The number of nitrogens with zero attached hydrogens (tertiary/aromatic N) is 4. The van der Waals surface area contributed by atoms with Crippen LogP contribution in [0.5, 0.6) is 0 Å². The number of rotatable bonds is 4. The van der Waals surface area contributed by atoms with Crippen molar-refractivity contribution in [3.8, 4) is 11.3 Å². The highest BCUT2D eigenvalue weighted by molar-refractivity contribution is 5.84. The smallest absolute Gasteiger partial charge is 0.154 e. The minimum atomic E-state index is -1.00. The van der Waals surface area contributed by atoms with E-state index in [0.717, 1.165) is 18.4 Å². The van der Waals surface area contributed by atoms with E-state index < -0.39 is 17.5 Å². The maximum Gasteiger partial charge on any atom is 0.154 e. The van der Waals surface area contributed by atoms with Gasteiger partial charge >= 0.3 is 0 Å². The van der Waals surface area contributed by atoms with Crippen LogP contribution < -0.4 is 10.6 Å². The van der Waals surface area contributed by atoms with Gasteiger partial charge in [-0.15, -0.1) is 0 Å². The van der Waals surface area contributed by atoms with E-state index in [1.807, 2.05) is 30.9 Å². The monoisotopic (exact) mass is 484 g/mol. The number of hydrogen-bond donors (Lipinski definition) is 2. The third-order valence-corrected chi connectivity index (χ3v) is 7.22. The molecule has 0 bridgehead atoms. The molecule has 2 fully saturated rings. The second-order valence-electron chi connectivity index (χ2n) is 9.83. The highest BCUT2D eigenvalue weighted by atomic mass is 19.1. The summed E-state index contributed by atoms with van der Waals surface area (Å²) < 4.78 is 51.4. The third kappa shape index (κ3) is 4.13. The summed E-state index contributed by atoms with van der Waals surface area (Å²) in [6, 6.07) is 1.85. The minimum absolute atomic E-state index is 0.0299. The molecule has 4 atom stereocenters. The number of ether oxygens (including phenoxy) is 1. The SMILES string of the molecule is CC1Nc2nc(C3CCO[C@@H](c4cnn(C5CC5)c4)C3)nc(-c3c(F)cc(F)cc3F)c2NC1C. The predicted octanol–water partition coefficient (Wildman–Crippen LogP) is 5.34. The van der Waals surface area contributed by atoms with Crippen LogP contribution in [0, 0.1) is 17.5 Å². The molecule has 3 aromatic rings. The molecule has 2 aromatic heterocycles. The first-order valence-electron chi connectivity index (χ1n) is 12.1. The van der Waals surface area contributed by atoms with Gasteiger partial charge in [-0.25, -0.2) is 23.1 Å². The Balaban J connectivity index is 1.39. The van der Waals surface area contributed by atoms with Crippen LogP contribution >= 0.6 is 0 Å². The predicted molar refractivity (Wildman–Crippen MR) is 125 cm³/mol. The number of hydrogen-bond acceptors (Lipinski definition) is 6. The van der Waals surface area contributed by atoms with E-state index in [4.69, 9.17) is 9.72 Å². The summed E-state index contributed by atoms with van der Waals surface area (Å²) in [7, 11) is 0. The summed E-state index contributed by atoms with van der Waals surface area (Å²) in [5.41, 5.74) is 1.16. The van der Waals surface area contributed by atoms with Crippen molar-refractivity contribution in [2.24, 2.45) is 0 Å². The van der Waals surface area contributed by atoms with Gasteiger partial charge in [0.25, 0.3) is 0 Å². The molecule has 1 saturated carbocycles. The zero-order valence-corrected chi connectivity index (χ0v) is 19.6. The summed E-state index contributed by atoms with van der Waals surface area (Å²) in [4.78, 5) is 9.45. The van der Waals surface area contributed by atoms with Crippen LogP contribution in [0.4, 0.5) is 24.7 Å². The Labute approximate surface area is 201 Å². The first kappa shape index (κ1) is 22.3. The lowest BCUT2D eigenvalue weighted by Gasteiger charge is -2.34. The summed E-state index contributed by atoms with van der Waals surface area (Å²) in [6.45, 7) is 4.47. The van der Waals surface area contributed by atoms with Crippen molar-refractivity contribution in [1.29, 1.82) is 0 Å². The lowest BCUT2D eigenvalue weighted by molar-refractivity contribution is 0.00394. The number of benzene rings is 1. The quantitative estimate of drug-likeness (QED) is 0.521. The number of anilines is 2. The largest absolute Gasteiger partial charge is 0.376 e. The van der Waals surface area contributed by atoms with Crippen molar-refractivity contribution in [2.75, 3.05) is 17.2 Å². The van der Waals surface area contributed by atoms with Crippen LogP contribution in [0.2, 0.25) is 0 Å². The number of aromatic nitrogens is 4. The minimum Gasteiger partial charge on any atom is -0.376 e. The first-order chi connectivity index (χ1) is 16.9. The van der Waals surface area contributed by atoms with Gasteiger partial charge < -0.3 is 15.4 Å². The molecule has 2 N–H and O–H groups in total. The molecule has 1 aromatic carbocycles. The van der Waals surface area contributed by atoms with Gasteiger partial charge in [0.1, 0.15) is 34.7 Å². The second-order valence-corrected chi connectivity index (χ2v) is 9.83. The molecular weight excluding hydrogens is 457 g/mol. The Morgan fingerprint density at radius 2 is 1.74 bits per heavy atom. The zero-order chi connectivity index (χ0) is 24.3.